The molecule has 0 bridgehead atoms. The van der Waals surface area contributed by atoms with Crippen molar-refractivity contribution >= 4 is 33.9 Å². The number of fused-ring (bicyclic) bond motifs is 1. The molecular weight excluding hydrogens is 434 g/mol. The predicted octanol–water partition coefficient (Wildman–Crippen LogP) is 3.59. The summed E-state index contributed by atoms with van der Waals surface area (Å²) < 4.78 is 5.99. The number of nitrogens with zero attached hydrogens (tertiary/aromatic N) is 3. The molecular formula is C26H29N3O3S. The topological polar surface area (TPSA) is 53.1 Å². The molecule has 1 aromatic heterocycles. The molecule has 0 spiro atoms. The molecule has 2 amide bonds. The SMILES string of the molecule is O=C(c1ccc2ccccc2c1)N1CCCN(CC2CN(C(=O)c3cccs3)CCO2)CC1. The summed E-state index contributed by atoms with van der Waals surface area (Å²) in [5, 5.41) is 4.18. The van der Waals surface area contributed by atoms with E-state index in [9.17, 15) is 9.59 Å². The van der Waals surface area contributed by atoms with E-state index in [1.165, 1.54) is 11.3 Å². The predicted molar refractivity (Wildman–Crippen MR) is 131 cm³/mol. The van der Waals surface area contributed by atoms with Gasteiger partial charge in [-0.3, -0.25) is 14.5 Å². The third kappa shape index (κ3) is 5.11. The highest BCUT2D eigenvalue weighted by atomic mass is 32.1. The molecule has 2 aromatic carbocycles. The molecule has 2 aliphatic rings. The van der Waals surface area contributed by atoms with Gasteiger partial charge < -0.3 is 14.5 Å². The fourth-order valence-corrected chi connectivity index (χ4v) is 5.41. The van der Waals surface area contributed by atoms with Gasteiger partial charge in [0.2, 0.25) is 0 Å². The quantitative estimate of drug-likeness (QED) is 0.593. The van der Waals surface area contributed by atoms with Crippen LogP contribution in [0.5, 0.6) is 0 Å². The van der Waals surface area contributed by atoms with E-state index in [0.29, 0.717) is 26.2 Å². The molecule has 2 aliphatic heterocycles. The Morgan fingerprint density at radius 3 is 2.61 bits per heavy atom. The molecule has 7 heteroatoms. The third-order valence-corrected chi connectivity index (χ3v) is 7.35. The van der Waals surface area contributed by atoms with Gasteiger partial charge in [0.25, 0.3) is 11.8 Å². The highest BCUT2D eigenvalue weighted by Crippen LogP contribution is 2.19. The van der Waals surface area contributed by atoms with Gasteiger partial charge in [0.15, 0.2) is 0 Å². The minimum atomic E-state index is 0.00500. The van der Waals surface area contributed by atoms with Crippen LogP contribution in [0.25, 0.3) is 10.8 Å². The van der Waals surface area contributed by atoms with Crippen molar-refractivity contribution in [1.82, 2.24) is 14.7 Å². The molecule has 0 N–H and O–H groups in total. The molecule has 3 aromatic rings. The molecule has 1 unspecified atom stereocenters. The molecule has 5 rings (SSSR count). The first-order valence-electron chi connectivity index (χ1n) is 11.6. The van der Waals surface area contributed by atoms with Crippen molar-refractivity contribution < 1.29 is 14.3 Å². The van der Waals surface area contributed by atoms with Gasteiger partial charge in [0.1, 0.15) is 0 Å². The highest BCUT2D eigenvalue weighted by Gasteiger charge is 2.28. The number of hydrogen-bond donors (Lipinski definition) is 0. The second-order valence-electron chi connectivity index (χ2n) is 8.73. The van der Waals surface area contributed by atoms with E-state index in [-0.39, 0.29) is 17.9 Å². The average molecular weight is 464 g/mol. The lowest BCUT2D eigenvalue weighted by Crippen LogP contribution is -2.50. The minimum absolute atomic E-state index is 0.00500. The van der Waals surface area contributed by atoms with Crippen LogP contribution in [0.2, 0.25) is 0 Å². The van der Waals surface area contributed by atoms with E-state index in [4.69, 9.17) is 4.74 Å². The number of hydrogen-bond acceptors (Lipinski definition) is 5. The second-order valence-corrected chi connectivity index (χ2v) is 9.68. The van der Waals surface area contributed by atoms with Crippen LogP contribution in [0.3, 0.4) is 0 Å². The van der Waals surface area contributed by atoms with Crippen LogP contribution in [0.1, 0.15) is 26.5 Å². The summed E-state index contributed by atoms with van der Waals surface area (Å²) in [4.78, 5) is 32.9. The summed E-state index contributed by atoms with van der Waals surface area (Å²) in [5.74, 6) is 0.200. The summed E-state index contributed by atoms with van der Waals surface area (Å²) in [6.45, 7) is 5.83. The van der Waals surface area contributed by atoms with Gasteiger partial charge in [-0.1, -0.05) is 36.4 Å². The first-order chi connectivity index (χ1) is 16.2. The Bertz CT molecular complexity index is 1120. The number of carbonyl (C=O) groups is 2. The Kier molecular flexibility index (Phi) is 6.71. The van der Waals surface area contributed by atoms with E-state index in [1.807, 2.05) is 63.7 Å². The third-order valence-electron chi connectivity index (χ3n) is 6.49. The lowest BCUT2D eigenvalue weighted by Gasteiger charge is -2.35. The zero-order chi connectivity index (χ0) is 22.6. The maximum absolute atomic E-state index is 13.2. The monoisotopic (exact) mass is 463 g/mol. The Balaban J connectivity index is 1.17. The number of carbonyl (C=O) groups excluding carboxylic acids is 2. The lowest BCUT2D eigenvalue weighted by molar-refractivity contribution is -0.0351. The standard InChI is InChI=1S/C26H29N3O3S/c30-25(22-9-8-20-5-1-2-6-21(20)17-22)28-11-4-10-27(12-13-28)18-23-19-29(14-15-32-23)26(31)24-7-3-16-33-24/h1-3,5-9,16-17,23H,4,10-15,18-19H2. The summed E-state index contributed by atoms with van der Waals surface area (Å²) in [6, 6.07) is 17.9. The number of amides is 2. The van der Waals surface area contributed by atoms with E-state index in [1.54, 1.807) is 0 Å². The molecule has 2 fully saturated rings. The fourth-order valence-electron chi connectivity index (χ4n) is 4.72. The van der Waals surface area contributed by atoms with Crippen LogP contribution in [0.4, 0.5) is 0 Å². The van der Waals surface area contributed by atoms with Crippen molar-refractivity contribution in [3.05, 3.63) is 70.4 Å². The maximum Gasteiger partial charge on any atom is 0.264 e. The Hall–Kier alpha value is -2.74. The Morgan fingerprint density at radius 2 is 1.76 bits per heavy atom. The number of thiophene rings is 1. The summed E-state index contributed by atoms with van der Waals surface area (Å²) in [5.41, 5.74) is 0.750. The normalized spacial score (nSPS) is 20.1. The van der Waals surface area contributed by atoms with Gasteiger partial charge in [-0.2, -0.15) is 0 Å². The first kappa shape index (κ1) is 22.1. The molecule has 33 heavy (non-hydrogen) atoms. The fraction of sp³-hybridized carbons (Fsp3) is 0.385. The van der Waals surface area contributed by atoms with E-state index >= 15 is 0 Å². The summed E-state index contributed by atoms with van der Waals surface area (Å²) in [6.07, 6.45) is 0.939. The zero-order valence-corrected chi connectivity index (χ0v) is 19.5. The number of benzene rings is 2. The zero-order valence-electron chi connectivity index (χ0n) is 18.7. The Morgan fingerprint density at radius 1 is 0.879 bits per heavy atom. The minimum Gasteiger partial charge on any atom is -0.373 e. The van der Waals surface area contributed by atoms with E-state index in [0.717, 1.165) is 53.8 Å². The van der Waals surface area contributed by atoms with Crippen LogP contribution in [-0.2, 0) is 4.74 Å². The van der Waals surface area contributed by atoms with Gasteiger partial charge >= 0.3 is 0 Å². The van der Waals surface area contributed by atoms with Gasteiger partial charge in [0.05, 0.1) is 17.6 Å². The van der Waals surface area contributed by atoms with Crippen LogP contribution < -0.4 is 0 Å². The van der Waals surface area contributed by atoms with Crippen molar-refractivity contribution in [3.8, 4) is 0 Å². The van der Waals surface area contributed by atoms with Crippen LogP contribution in [0.15, 0.2) is 60.0 Å². The summed E-state index contributed by atoms with van der Waals surface area (Å²) in [7, 11) is 0. The van der Waals surface area contributed by atoms with Crippen LogP contribution in [0, 0.1) is 0 Å². The van der Waals surface area contributed by atoms with Crippen LogP contribution >= 0.6 is 11.3 Å². The largest absolute Gasteiger partial charge is 0.373 e. The van der Waals surface area contributed by atoms with E-state index < -0.39 is 0 Å². The maximum atomic E-state index is 13.2. The van der Waals surface area contributed by atoms with Crippen molar-refractivity contribution in [3.63, 3.8) is 0 Å². The number of morpholine rings is 1. The number of ether oxygens (including phenoxy) is 1. The molecule has 3 heterocycles. The summed E-state index contributed by atoms with van der Waals surface area (Å²) >= 11 is 1.49. The highest BCUT2D eigenvalue weighted by molar-refractivity contribution is 7.12. The lowest BCUT2D eigenvalue weighted by atomic mass is 10.1. The van der Waals surface area contributed by atoms with Crippen molar-refractivity contribution in [2.24, 2.45) is 0 Å². The molecule has 0 aliphatic carbocycles. The second kappa shape index (κ2) is 10.0. The van der Waals surface area contributed by atoms with Gasteiger partial charge in [-0.15, -0.1) is 11.3 Å². The number of rotatable bonds is 4. The van der Waals surface area contributed by atoms with Gasteiger partial charge in [0, 0.05) is 44.8 Å². The molecule has 2 saturated heterocycles. The van der Waals surface area contributed by atoms with E-state index in [2.05, 4.69) is 11.0 Å². The van der Waals surface area contributed by atoms with Gasteiger partial charge in [-0.25, -0.2) is 0 Å². The molecule has 1 atom stereocenters. The molecule has 6 nitrogen and oxygen atoms in total. The smallest absolute Gasteiger partial charge is 0.264 e. The van der Waals surface area contributed by atoms with Crippen LogP contribution in [-0.4, -0.2) is 85.0 Å². The Labute approximate surface area is 198 Å². The average Bonchev–Trinajstić information content (AvgIpc) is 3.30. The molecule has 0 saturated carbocycles. The van der Waals surface area contributed by atoms with Crippen molar-refractivity contribution in [2.75, 3.05) is 52.4 Å². The van der Waals surface area contributed by atoms with Crippen molar-refractivity contribution in [2.45, 2.75) is 12.5 Å². The molecule has 0 radical (unpaired) electrons. The molecule has 172 valence electrons. The van der Waals surface area contributed by atoms with Crippen molar-refractivity contribution in [1.29, 1.82) is 0 Å². The first-order valence-corrected chi connectivity index (χ1v) is 12.5. The van der Waals surface area contributed by atoms with Gasteiger partial charge in [-0.05, 0) is 47.3 Å².